The van der Waals surface area contributed by atoms with Crippen LogP contribution in [0.2, 0.25) is 0 Å². The van der Waals surface area contributed by atoms with Gasteiger partial charge in [0.1, 0.15) is 22.3 Å². The Balaban J connectivity index is 2.25. The molecular weight excluding hydrogens is 295 g/mol. The SMILES string of the molecule is CN(CCn1cccn1)S(=O)(=O)c1cccc(F)c1C#N. The average molecular weight is 308 g/mol. The molecule has 21 heavy (non-hydrogen) atoms. The van der Waals surface area contributed by atoms with Crippen molar-refractivity contribution < 1.29 is 12.8 Å². The maximum Gasteiger partial charge on any atom is 0.244 e. The number of sulfonamides is 1. The Hall–Kier alpha value is -2.24. The van der Waals surface area contributed by atoms with Crippen LogP contribution in [0.3, 0.4) is 0 Å². The van der Waals surface area contributed by atoms with Gasteiger partial charge in [0.05, 0.1) is 6.54 Å². The van der Waals surface area contributed by atoms with E-state index in [1.807, 2.05) is 0 Å². The second-order valence-electron chi connectivity index (χ2n) is 4.32. The van der Waals surface area contributed by atoms with Crippen molar-refractivity contribution in [2.24, 2.45) is 0 Å². The summed E-state index contributed by atoms with van der Waals surface area (Å²) in [6, 6.07) is 6.88. The van der Waals surface area contributed by atoms with Crippen LogP contribution in [0.4, 0.5) is 4.39 Å². The van der Waals surface area contributed by atoms with Gasteiger partial charge in [-0.3, -0.25) is 4.68 Å². The number of nitriles is 1. The van der Waals surface area contributed by atoms with Gasteiger partial charge >= 0.3 is 0 Å². The molecule has 0 aliphatic heterocycles. The fourth-order valence-corrected chi connectivity index (χ4v) is 3.10. The number of rotatable bonds is 5. The smallest absolute Gasteiger partial charge is 0.244 e. The van der Waals surface area contributed by atoms with Gasteiger partial charge in [-0.25, -0.2) is 12.8 Å². The molecule has 2 rings (SSSR count). The molecule has 0 radical (unpaired) electrons. The van der Waals surface area contributed by atoms with Crippen LogP contribution in [0.25, 0.3) is 0 Å². The topological polar surface area (TPSA) is 79.0 Å². The number of aromatic nitrogens is 2. The molecular formula is C13H13FN4O2S. The number of hydrogen-bond donors (Lipinski definition) is 0. The number of benzene rings is 1. The van der Waals surface area contributed by atoms with Crippen molar-refractivity contribution in [3.8, 4) is 6.07 Å². The molecule has 0 unspecified atom stereocenters. The van der Waals surface area contributed by atoms with E-state index < -0.39 is 21.4 Å². The monoisotopic (exact) mass is 308 g/mol. The predicted molar refractivity (Wildman–Crippen MR) is 73.2 cm³/mol. The highest BCUT2D eigenvalue weighted by atomic mass is 32.2. The van der Waals surface area contributed by atoms with Gasteiger partial charge in [-0.2, -0.15) is 14.7 Å². The Labute approximate surface area is 122 Å². The van der Waals surface area contributed by atoms with E-state index in [2.05, 4.69) is 5.10 Å². The molecule has 0 saturated carbocycles. The van der Waals surface area contributed by atoms with Crippen LogP contribution in [0.1, 0.15) is 5.56 Å². The number of hydrogen-bond acceptors (Lipinski definition) is 4. The van der Waals surface area contributed by atoms with Crippen molar-refractivity contribution in [3.05, 3.63) is 48.0 Å². The van der Waals surface area contributed by atoms with Crippen LogP contribution >= 0.6 is 0 Å². The van der Waals surface area contributed by atoms with E-state index in [-0.39, 0.29) is 11.4 Å². The minimum absolute atomic E-state index is 0.158. The lowest BCUT2D eigenvalue weighted by Gasteiger charge is -2.18. The van der Waals surface area contributed by atoms with E-state index in [9.17, 15) is 12.8 Å². The quantitative estimate of drug-likeness (QED) is 0.832. The molecule has 0 amide bonds. The number of nitrogens with zero attached hydrogens (tertiary/aromatic N) is 4. The molecule has 1 aromatic carbocycles. The zero-order chi connectivity index (χ0) is 15.5. The Morgan fingerprint density at radius 3 is 2.81 bits per heavy atom. The zero-order valence-corrected chi connectivity index (χ0v) is 12.1. The third-order valence-corrected chi connectivity index (χ3v) is 4.88. The molecule has 0 atom stereocenters. The van der Waals surface area contributed by atoms with Gasteiger partial charge in [-0.15, -0.1) is 0 Å². The van der Waals surface area contributed by atoms with Crippen molar-refractivity contribution in [2.75, 3.05) is 13.6 Å². The molecule has 0 aliphatic rings. The minimum Gasteiger partial charge on any atom is -0.271 e. The van der Waals surface area contributed by atoms with Crippen molar-refractivity contribution in [3.63, 3.8) is 0 Å². The normalized spacial score (nSPS) is 11.5. The molecule has 0 fully saturated rings. The summed E-state index contributed by atoms with van der Waals surface area (Å²) in [6.45, 7) is 0.519. The van der Waals surface area contributed by atoms with Crippen LogP contribution in [-0.4, -0.2) is 36.1 Å². The summed E-state index contributed by atoms with van der Waals surface area (Å²) < 4.78 is 41.0. The predicted octanol–water partition coefficient (Wildman–Crippen LogP) is 1.21. The van der Waals surface area contributed by atoms with Gasteiger partial charge in [0.15, 0.2) is 0 Å². The molecule has 0 aliphatic carbocycles. The van der Waals surface area contributed by atoms with E-state index in [4.69, 9.17) is 5.26 Å². The third-order valence-electron chi connectivity index (χ3n) is 2.98. The fraction of sp³-hybridized carbons (Fsp3) is 0.231. The highest BCUT2D eigenvalue weighted by Crippen LogP contribution is 2.21. The van der Waals surface area contributed by atoms with E-state index in [0.717, 1.165) is 10.4 Å². The van der Waals surface area contributed by atoms with Crippen LogP contribution in [0, 0.1) is 17.1 Å². The van der Waals surface area contributed by atoms with Gasteiger partial charge in [-0.1, -0.05) is 6.07 Å². The lowest BCUT2D eigenvalue weighted by atomic mass is 10.2. The third kappa shape index (κ3) is 3.09. The second-order valence-corrected chi connectivity index (χ2v) is 6.33. The molecule has 0 saturated heterocycles. The van der Waals surface area contributed by atoms with Crippen LogP contribution in [0.5, 0.6) is 0 Å². The summed E-state index contributed by atoms with van der Waals surface area (Å²) in [7, 11) is -2.55. The first kappa shape index (κ1) is 15.2. The lowest BCUT2D eigenvalue weighted by molar-refractivity contribution is 0.432. The fourth-order valence-electron chi connectivity index (χ4n) is 1.79. The minimum atomic E-state index is -3.93. The standard InChI is InChI=1S/C13H13FN4O2S/c1-17(8-9-18-7-3-6-16-18)21(19,20)13-5-2-4-12(14)11(13)10-15/h2-7H,8-9H2,1H3. The Morgan fingerprint density at radius 2 is 2.19 bits per heavy atom. The Bertz CT molecular complexity index is 766. The first-order chi connectivity index (χ1) is 9.96. The highest BCUT2D eigenvalue weighted by Gasteiger charge is 2.25. The largest absolute Gasteiger partial charge is 0.271 e. The van der Waals surface area contributed by atoms with Crippen molar-refractivity contribution >= 4 is 10.0 Å². The van der Waals surface area contributed by atoms with Crippen molar-refractivity contribution in [1.29, 1.82) is 5.26 Å². The molecule has 0 N–H and O–H groups in total. The molecule has 8 heteroatoms. The summed E-state index contributed by atoms with van der Waals surface area (Å²) in [5.74, 6) is -0.848. The van der Waals surface area contributed by atoms with Crippen LogP contribution in [0.15, 0.2) is 41.6 Å². The zero-order valence-electron chi connectivity index (χ0n) is 11.3. The van der Waals surface area contributed by atoms with E-state index >= 15 is 0 Å². The summed E-state index contributed by atoms with van der Waals surface area (Å²) in [4.78, 5) is -0.326. The van der Waals surface area contributed by atoms with E-state index in [1.165, 1.54) is 19.2 Å². The Morgan fingerprint density at radius 1 is 1.43 bits per heavy atom. The molecule has 1 aromatic heterocycles. The summed E-state index contributed by atoms with van der Waals surface area (Å²) in [5.41, 5.74) is -0.469. The maximum absolute atomic E-state index is 13.5. The highest BCUT2D eigenvalue weighted by molar-refractivity contribution is 7.89. The first-order valence-electron chi connectivity index (χ1n) is 6.09. The maximum atomic E-state index is 13.5. The van der Waals surface area contributed by atoms with Gasteiger partial charge in [0.2, 0.25) is 10.0 Å². The number of likely N-dealkylation sites (N-methyl/N-ethyl adjacent to an activating group) is 1. The summed E-state index contributed by atoms with van der Waals surface area (Å²) in [5, 5.41) is 12.9. The lowest BCUT2D eigenvalue weighted by Crippen LogP contribution is -2.31. The van der Waals surface area contributed by atoms with Crippen molar-refractivity contribution in [2.45, 2.75) is 11.4 Å². The van der Waals surface area contributed by atoms with Gasteiger partial charge in [0, 0.05) is 26.0 Å². The summed E-state index contributed by atoms with van der Waals surface area (Å²) >= 11 is 0. The molecule has 110 valence electrons. The molecule has 0 bridgehead atoms. The molecule has 0 spiro atoms. The van der Waals surface area contributed by atoms with E-state index in [1.54, 1.807) is 29.2 Å². The van der Waals surface area contributed by atoms with Gasteiger partial charge in [0.25, 0.3) is 0 Å². The first-order valence-corrected chi connectivity index (χ1v) is 7.53. The van der Waals surface area contributed by atoms with Gasteiger partial charge < -0.3 is 0 Å². The van der Waals surface area contributed by atoms with E-state index in [0.29, 0.717) is 6.54 Å². The average Bonchev–Trinajstić information content (AvgIpc) is 2.97. The summed E-state index contributed by atoms with van der Waals surface area (Å²) in [6.07, 6.45) is 3.30. The van der Waals surface area contributed by atoms with Crippen molar-refractivity contribution in [1.82, 2.24) is 14.1 Å². The molecule has 6 nitrogen and oxygen atoms in total. The van der Waals surface area contributed by atoms with Gasteiger partial charge in [-0.05, 0) is 18.2 Å². The number of halogens is 1. The molecule has 2 aromatic rings. The molecule has 1 heterocycles. The second kappa shape index (κ2) is 6.03. The van der Waals surface area contributed by atoms with Crippen LogP contribution < -0.4 is 0 Å². The Kier molecular flexibility index (Phi) is 4.35. The van der Waals surface area contributed by atoms with Crippen LogP contribution in [-0.2, 0) is 16.6 Å².